The molecule has 0 bridgehead atoms. The van der Waals surface area contributed by atoms with Gasteiger partial charge >= 0.3 is 0 Å². The van der Waals surface area contributed by atoms with E-state index in [4.69, 9.17) is 0 Å². The quantitative estimate of drug-likeness (QED) is 0.878. The van der Waals surface area contributed by atoms with E-state index >= 15 is 0 Å². The van der Waals surface area contributed by atoms with E-state index in [2.05, 4.69) is 51.0 Å². The largest absolute Gasteiger partial charge is 0.311 e. The summed E-state index contributed by atoms with van der Waals surface area (Å²) < 4.78 is 1.08. The fourth-order valence-corrected chi connectivity index (χ4v) is 4.07. The van der Waals surface area contributed by atoms with Crippen LogP contribution in [-0.4, -0.2) is 34.6 Å². The highest BCUT2D eigenvalue weighted by Gasteiger charge is 2.47. The minimum atomic E-state index is 0.312. The standard InChI is InChI=1S/C17H26BrN3/c1-3-4-16-11-21(10-13-7-15(18)9-19-8-13)17(2,12-20-16)14-5-6-14/h7-9,14,16,20H,3-6,10-12H2,1-2H3. The SMILES string of the molecule is CCCC1CN(Cc2cncc(Br)c2)C(C)(C2CC2)CN1. The van der Waals surface area contributed by atoms with Gasteiger partial charge in [-0.05, 0) is 59.7 Å². The van der Waals surface area contributed by atoms with Gasteiger partial charge in [-0.2, -0.15) is 0 Å². The Morgan fingerprint density at radius 2 is 2.24 bits per heavy atom. The van der Waals surface area contributed by atoms with Crippen molar-refractivity contribution < 1.29 is 0 Å². The van der Waals surface area contributed by atoms with Gasteiger partial charge in [0.25, 0.3) is 0 Å². The first-order valence-electron chi connectivity index (χ1n) is 8.19. The van der Waals surface area contributed by atoms with Crippen molar-refractivity contribution in [3.05, 3.63) is 28.5 Å². The summed E-state index contributed by atoms with van der Waals surface area (Å²) in [6.45, 7) is 8.03. The summed E-state index contributed by atoms with van der Waals surface area (Å²) in [5.41, 5.74) is 1.63. The molecule has 3 rings (SSSR count). The fraction of sp³-hybridized carbons (Fsp3) is 0.706. The monoisotopic (exact) mass is 351 g/mol. The molecule has 1 N–H and O–H groups in total. The van der Waals surface area contributed by atoms with Crippen LogP contribution in [0, 0.1) is 5.92 Å². The molecule has 2 unspecified atom stereocenters. The van der Waals surface area contributed by atoms with Crippen LogP contribution < -0.4 is 5.32 Å². The maximum atomic E-state index is 4.32. The highest BCUT2D eigenvalue weighted by Crippen LogP contribution is 2.44. The molecule has 1 aromatic rings. The van der Waals surface area contributed by atoms with Crippen molar-refractivity contribution in [1.29, 1.82) is 0 Å². The van der Waals surface area contributed by atoms with Gasteiger partial charge in [-0.3, -0.25) is 9.88 Å². The number of pyridine rings is 1. The van der Waals surface area contributed by atoms with Crippen LogP contribution in [0.1, 0.15) is 45.1 Å². The molecule has 1 aliphatic heterocycles. The molecular formula is C17H26BrN3. The molecule has 2 aliphatic rings. The maximum Gasteiger partial charge on any atom is 0.0410 e. The molecule has 3 nitrogen and oxygen atoms in total. The number of aromatic nitrogens is 1. The third kappa shape index (κ3) is 3.49. The van der Waals surface area contributed by atoms with Crippen LogP contribution >= 0.6 is 15.9 Å². The zero-order valence-electron chi connectivity index (χ0n) is 13.1. The Hall–Kier alpha value is -0.450. The van der Waals surface area contributed by atoms with Gasteiger partial charge in [0, 0.05) is 48.1 Å². The summed E-state index contributed by atoms with van der Waals surface area (Å²) in [4.78, 5) is 7.04. The van der Waals surface area contributed by atoms with Crippen LogP contribution in [0.15, 0.2) is 22.9 Å². The lowest BCUT2D eigenvalue weighted by Crippen LogP contribution is -2.63. The van der Waals surface area contributed by atoms with E-state index in [0.29, 0.717) is 11.6 Å². The third-order valence-electron chi connectivity index (χ3n) is 5.14. The summed E-state index contributed by atoms with van der Waals surface area (Å²) >= 11 is 3.54. The maximum absolute atomic E-state index is 4.32. The van der Waals surface area contributed by atoms with E-state index in [1.807, 2.05) is 12.4 Å². The lowest BCUT2D eigenvalue weighted by atomic mass is 9.88. The number of rotatable bonds is 5. The van der Waals surface area contributed by atoms with Crippen LogP contribution in [0.4, 0.5) is 0 Å². The van der Waals surface area contributed by atoms with Gasteiger partial charge < -0.3 is 5.32 Å². The molecule has 1 saturated carbocycles. The van der Waals surface area contributed by atoms with Crippen molar-refractivity contribution in [2.24, 2.45) is 5.92 Å². The van der Waals surface area contributed by atoms with E-state index in [1.165, 1.54) is 31.2 Å². The zero-order valence-corrected chi connectivity index (χ0v) is 14.7. The molecule has 2 fully saturated rings. The van der Waals surface area contributed by atoms with Crippen molar-refractivity contribution >= 4 is 15.9 Å². The van der Waals surface area contributed by atoms with Gasteiger partial charge in [-0.1, -0.05) is 13.3 Å². The minimum absolute atomic E-state index is 0.312. The number of hydrogen-bond acceptors (Lipinski definition) is 3. The van der Waals surface area contributed by atoms with Crippen molar-refractivity contribution in [3.63, 3.8) is 0 Å². The Balaban J connectivity index is 1.76. The van der Waals surface area contributed by atoms with E-state index in [0.717, 1.165) is 30.0 Å². The van der Waals surface area contributed by atoms with Crippen LogP contribution in [0.5, 0.6) is 0 Å². The predicted molar refractivity (Wildman–Crippen MR) is 90.2 cm³/mol. The lowest BCUT2D eigenvalue weighted by Gasteiger charge is -2.49. The van der Waals surface area contributed by atoms with Crippen molar-refractivity contribution in [3.8, 4) is 0 Å². The zero-order chi connectivity index (χ0) is 14.9. The fourth-order valence-electron chi connectivity index (χ4n) is 3.66. The molecule has 0 radical (unpaired) electrons. The van der Waals surface area contributed by atoms with Crippen LogP contribution in [0.3, 0.4) is 0 Å². The van der Waals surface area contributed by atoms with E-state index in [9.17, 15) is 0 Å². The molecule has 0 amide bonds. The molecule has 2 heterocycles. The summed E-state index contributed by atoms with van der Waals surface area (Å²) in [5.74, 6) is 0.868. The van der Waals surface area contributed by atoms with Gasteiger partial charge in [0.2, 0.25) is 0 Å². The molecule has 4 heteroatoms. The van der Waals surface area contributed by atoms with Gasteiger partial charge in [0.05, 0.1) is 0 Å². The van der Waals surface area contributed by atoms with Gasteiger partial charge in [-0.15, -0.1) is 0 Å². The summed E-state index contributed by atoms with van der Waals surface area (Å²) in [6, 6.07) is 2.85. The molecule has 0 aromatic carbocycles. The Kier molecular flexibility index (Phi) is 4.67. The molecule has 116 valence electrons. The number of nitrogens with zero attached hydrogens (tertiary/aromatic N) is 2. The number of halogens is 1. The first-order chi connectivity index (χ1) is 10.1. The topological polar surface area (TPSA) is 28.2 Å². The van der Waals surface area contributed by atoms with E-state index in [1.54, 1.807) is 0 Å². The highest BCUT2D eigenvalue weighted by molar-refractivity contribution is 9.10. The molecule has 1 aromatic heterocycles. The van der Waals surface area contributed by atoms with Gasteiger partial charge in [0.15, 0.2) is 0 Å². The summed E-state index contributed by atoms with van der Waals surface area (Å²) in [6.07, 6.45) is 9.18. The number of nitrogens with one attached hydrogen (secondary N) is 1. The molecule has 21 heavy (non-hydrogen) atoms. The Morgan fingerprint density at radius 3 is 2.90 bits per heavy atom. The lowest BCUT2D eigenvalue weighted by molar-refractivity contribution is 0.0259. The second-order valence-corrected chi connectivity index (χ2v) is 7.81. The highest BCUT2D eigenvalue weighted by atomic mass is 79.9. The summed E-state index contributed by atoms with van der Waals surface area (Å²) in [5, 5.41) is 3.79. The normalized spacial score (nSPS) is 30.5. The molecular weight excluding hydrogens is 326 g/mol. The van der Waals surface area contributed by atoms with Crippen LogP contribution in [0.2, 0.25) is 0 Å². The van der Waals surface area contributed by atoms with Crippen molar-refractivity contribution in [2.75, 3.05) is 13.1 Å². The smallest absolute Gasteiger partial charge is 0.0410 e. The third-order valence-corrected chi connectivity index (χ3v) is 5.57. The molecule has 2 atom stereocenters. The second-order valence-electron chi connectivity index (χ2n) is 6.89. The van der Waals surface area contributed by atoms with Crippen molar-refractivity contribution in [2.45, 2.75) is 57.7 Å². The Bertz CT molecular complexity index is 489. The average molecular weight is 352 g/mol. The average Bonchev–Trinajstić information content (AvgIpc) is 3.28. The number of hydrogen-bond donors (Lipinski definition) is 1. The van der Waals surface area contributed by atoms with Crippen LogP contribution in [-0.2, 0) is 6.54 Å². The Labute approximate surface area is 136 Å². The van der Waals surface area contributed by atoms with E-state index in [-0.39, 0.29) is 0 Å². The molecule has 1 saturated heterocycles. The number of piperazine rings is 1. The molecule has 0 spiro atoms. The molecule has 1 aliphatic carbocycles. The van der Waals surface area contributed by atoms with E-state index < -0.39 is 0 Å². The minimum Gasteiger partial charge on any atom is -0.311 e. The first-order valence-corrected chi connectivity index (χ1v) is 8.99. The first kappa shape index (κ1) is 15.4. The Morgan fingerprint density at radius 1 is 1.43 bits per heavy atom. The van der Waals surface area contributed by atoms with Gasteiger partial charge in [-0.25, -0.2) is 0 Å². The predicted octanol–water partition coefficient (Wildman–Crippen LogP) is 3.59. The van der Waals surface area contributed by atoms with Gasteiger partial charge in [0.1, 0.15) is 0 Å². The summed E-state index contributed by atoms with van der Waals surface area (Å²) in [7, 11) is 0. The van der Waals surface area contributed by atoms with Crippen LogP contribution in [0.25, 0.3) is 0 Å². The second kappa shape index (κ2) is 6.35. The van der Waals surface area contributed by atoms with Crippen molar-refractivity contribution in [1.82, 2.24) is 15.2 Å².